The van der Waals surface area contributed by atoms with Crippen LogP contribution in [0.15, 0.2) is 82.8 Å². The molecule has 0 N–H and O–H groups in total. The van der Waals surface area contributed by atoms with Crippen LogP contribution in [0, 0.1) is 5.92 Å². The van der Waals surface area contributed by atoms with Crippen LogP contribution in [0.3, 0.4) is 0 Å². The Bertz CT molecular complexity index is 1300. The minimum absolute atomic E-state index is 0.169. The largest absolute Gasteiger partial charge is 0.573 e. The first kappa shape index (κ1) is 25.2. The van der Waals surface area contributed by atoms with Crippen LogP contribution in [-0.2, 0) is 16.1 Å². The summed E-state index contributed by atoms with van der Waals surface area (Å²) in [6, 6.07) is 20.3. The topological polar surface area (TPSA) is 60.4 Å². The highest BCUT2D eigenvalue weighted by atomic mass is 32.2. The van der Waals surface area contributed by atoms with Crippen LogP contribution in [-0.4, -0.2) is 42.5 Å². The molecule has 2 atom stereocenters. The molecule has 0 bridgehead atoms. The van der Waals surface area contributed by atoms with Crippen molar-refractivity contribution < 1.29 is 32.2 Å². The Morgan fingerprint density at radius 3 is 2.49 bits per heavy atom. The van der Waals surface area contributed by atoms with Crippen molar-refractivity contribution >= 4 is 23.4 Å². The van der Waals surface area contributed by atoms with E-state index in [1.807, 2.05) is 48.5 Å². The van der Waals surface area contributed by atoms with Gasteiger partial charge in [0.1, 0.15) is 18.1 Å². The lowest BCUT2D eigenvalue weighted by atomic mass is 9.88. The SMILES string of the molecule is COc1ccc2c(c1)C1=NN(C(=O)COCc3ccccc3)[C@@H](c3ccc(OC(F)(F)F)cc3)[C@@H]1CS2. The number of carbonyl (C=O) groups is 1. The van der Waals surface area contributed by atoms with E-state index >= 15 is 0 Å². The van der Waals surface area contributed by atoms with Crippen molar-refractivity contribution in [2.45, 2.75) is 23.9 Å². The number of ether oxygens (including phenoxy) is 3. The summed E-state index contributed by atoms with van der Waals surface area (Å²) in [5.74, 6) is 0.486. The molecule has 0 fully saturated rings. The van der Waals surface area contributed by atoms with Crippen LogP contribution >= 0.6 is 11.8 Å². The summed E-state index contributed by atoms with van der Waals surface area (Å²) in [7, 11) is 1.58. The van der Waals surface area contributed by atoms with Gasteiger partial charge >= 0.3 is 6.36 Å². The lowest BCUT2D eigenvalue weighted by Crippen LogP contribution is -2.34. The number of rotatable bonds is 7. The zero-order valence-electron chi connectivity index (χ0n) is 19.8. The average molecular weight is 529 g/mol. The van der Waals surface area contributed by atoms with E-state index in [-0.39, 0.29) is 30.8 Å². The van der Waals surface area contributed by atoms with E-state index in [0.29, 0.717) is 17.1 Å². The number of methoxy groups -OCH3 is 1. The van der Waals surface area contributed by atoms with Crippen LogP contribution in [0.5, 0.6) is 11.5 Å². The normalized spacial score (nSPS) is 18.6. The second-order valence-corrected chi connectivity index (χ2v) is 9.61. The van der Waals surface area contributed by atoms with Gasteiger partial charge in [0.05, 0.1) is 25.5 Å². The number of benzene rings is 3. The molecule has 3 aromatic carbocycles. The summed E-state index contributed by atoms with van der Waals surface area (Å²) in [4.78, 5) is 14.4. The minimum atomic E-state index is -4.79. The first-order valence-electron chi connectivity index (χ1n) is 11.5. The van der Waals surface area contributed by atoms with Crippen molar-refractivity contribution in [2.75, 3.05) is 19.5 Å². The Labute approximate surface area is 216 Å². The Kier molecular flexibility index (Phi) is 7.12. The number of hydrogen-bond acceptors (Lipinski definition) is 6. The summed E-state index contributed by atoms with van der Waals surface area (Å²) in [6.45, 7) is 0.0761. The van der Waals surface area contributed by atoms with Gasteiger partial charge in [-0.3, -0.25) is 4.79 Å². The highest BCUT2D eigenvalue weighted by molar-refractivity contribution is 7.99. The number of nitrogens with zero attached hydrogens (tertiary/aromatic N) is 2. The fourth-order valence-corrected chi connectivity index (χ4v) is 5.67. The molecule has 37 heavy (non-hydrogen) atoms. The van der Waals surface area contributed by atoms with Crippen molar-refractivity contribution in [2.24, 2.45) is 11.0 Å². The molecule has 2 heterocycles. The van der Waals surface area contributed by atoms with Crippen molar-refractivity contribution in [3.05, 3.63) is 89.5 Å². The molecule has 10 heteroatoms. The Morgan fingerprint density at radius 2 is 1.78 bits per heavy atom. The quantitative estimate of drug-likeness (QED) is 0.387. The third kappa shape index (κ3) is 5.60. The van der Waals surface area contributed by atoms with Gasteiger partial charge in [0, 0.05) is 22.1 Å². The first-order chi connectivity index (χ1) is 17.8. The molecule has 2 aliphatic rings. The summed E-state index contributed by atoms with van der Waals surface area (Å²) in [5, 5.41) is 6.13. The van der Waals surface area contributed by atoms with Crippen LogP contribution in [0.2, 0.25) is 0 Å². The van der Waals surface area contributed by atoms with Gasteiger partial charge in [-0.2, -0.15) is 5.10 Å². The summed E-state index contributed by atoms with van der Waals surface area (Å²) in [6.07, 6.45) is -4.79. The van der Waals surface area contributed by atoms with Gasteiger partial charge in [-0.05, 0) is 41.5 Å². The number of fused-ring (bicyclic) bond motifs is 3. The van der Waals surface area contributed by atoms with E-state index in [1.54, 1.807) is 31.0 Å². The molecule has 1 amide bonds. The van der Waals surface area contributed by atoms with Gasteiger partial charge in [0.15, 0.2) is 0 Å². The zero-order valence-corrected chi connectivity index (χ0v) is 20.6. The van der Waals surface area contributed by atoms with Gasteiger partial charge in [0.2, 0.25) is 0 Å². The number of halogens is 3. The predicted molar refractivity (Wildman–Crippen MR) is 133 cm³/mol. The van der Waals surface area contributed by atoms with Gasteiger partial charge in [0.25, 0.3) is 5.91 Å². The summed E-state index contributed by atoms with van der Waals surface area (Å²) in [5.41, 5.74) is 3.21. The number of carbonyl (C=O) groups excluding carboxylic acids is 1. The molecule has 192 valence electrons. The highest BCUT2D eigenvalue weighted by Crippen LogP contribution is 2.46. The Balaban J connectivity index is 1.43. The number of thioether (sulfide) groups is 1. The average Bonchev–Trinajstić information content (AvgIpc) is 3.29. The van der Waals surface area contributed by atoms with E-state index in [9.17, 15) is 18.0 Å². The fourth-order valence-electron chi connectivity index (χ4n) is 4.49. The molecular formula is C27H23F3N2O4S. The maximum Gasteiger partial charge on any atom is 0.573 e. The molecule has 0 saturated heterocycles. The van der Waals surface area contributed by atoms with Crippen molar-refractivity contribution in [3.8, 4) is 11.5 Å². The maximum atomic E-state index is 13.3. The maximum absolute atomic E-state index is 13.3. The lowest BCUT2D eigenvalue weighted by Gasteiger charge is -2.29. The van der Waals surface area contributed by atoms with Crippen LogP contribution in [0.25, 0.3) is 0 Å². The molecule has 0 spiro atoms. The van der Waals surface area contributed by atoms with E-state index < -0.39 is 12.4 Å². The Morgan fingerprint density at radius 1 is 1.05 bits per heavy atom. The molecule has 0 aliphatic carbocycles. The molecule has 0 saturated carbocycles. The third-order valence-electron chi connectivity index (χ3n) is 6.14. The van der Waals surface area contributed by atoms with Crippen LogP contribution in [0.1, 0.15) is 22.7 Å². The molecule has 0 aromatic heterocycles. The lowest BCUT2D eigenvalue weighted by molar-refractivity contribution is -0.274. The molecule has 2 aliphatic heterocycles. The standard InChI is InChI=1S/C27H23F3N2O4S/c1-34-20-11-12-23-21(13-20)25-22(16-37-23)26(18-7-9-19(10-8-18)36-27(28,29)30)32(31-25)24(33)15-35-14-17-5-3-2-4-6-17/h2-13,22,26H,14-16H2,1H3/t22-,26+/m1/s1. The van der Waals surface area contributed by atoms with Crippen molar-refractivity contribution in [1.29, 1.82) is 0 Å². The zero-order chi connectivity index (χ0) is 26.0. The minimum Gasteiger partial charge on any atom is -0.497 e. The molecule has 3 aromatic rings. The van der Waals surface area contributed by atoms with E-state index in [1.165, 1.54) is 17.1 Å². The summed E-state index contributed by atoms with van der Waals surface area (Å²) < 4.78 is 53.1. The second-order valence-electron chi connectivity index (χ2n) is 8.54. The van der Waals surface area contributed by atoms with Gasteiger partial charge < -0.3 is 14.2 Å². The fraction of sp³-hybridized carbons (Fsp3) is 0.259. The van der Waals surface area contributed by atoms with E-state index in [0.717, 1.165) is 21.7 Å². The predicted octanol–water partition coefficient (Wildman–Crippen LogP) is 5.82. The van der Waals surface area contributed by atoms with Crippen LogP contribution < -0.4 is 9.47 Å². The first-order valence-corrected chi connectivity index (χ1v) is 12.5. The Hall–Kier alpha value is -3.50. The molecule has 0 radical (unpaired) electrons. The van der Waals surface area contributed by atoms with Crippen molar-refractivity contribution in [3.63, 3.8) is 0 Å². The molecule has 5 rings (SSSR count). The highest BCUT2D eigenvalue weighted by Gasteiger charge is 2.44. The molecule has 0 unspecified atom stereocenters. The molecular weight excluding hydrogens is 505 g/mol. The second kappa shape index (κ2) is 10.5. The number of amides is 1. The smallest absolute Gasteiger partial charge is 0.497 e. The van der Waals surface area contributed by atoms with Gasteiger partial charge in [-0.1, -0.05) is 42.5 Å². The van der Waals surface area contributed by atoms with E-state index in [4.69, 9.17) is 14.6 Å². The monoisotopic (exact) mass is 528 g/mol. The van der Waals surface area contributed by atoms with Crippen molar-refractivity contribution in [1.82, 2.24) is 5.01 Å². The van der Waals surface area contributed by atoms with Gasteiger partial charge in [-0.25, -0.2) is 5.01 Å². The van der Waals surface area contributed by atoms with Crippen LogP contribution in [0.4, 0.5) is 13.2 Å². The number of alkyl halides is 3. The summed E-state index contributed by atoms with van der Waals surface area (Å²) >= 11 is 1.64. The van der Waals surface area contributed by atoms with E-state index in [2.05, 4.69) is 4.74 Å². The third-order valence-corrected chi connectivity index (χ3v) is 7.33. The number of hydrazone groups is 1. The van der Waals surface area contributed by atoms with Gasteiger partial charge in [-0.15, -0.1) is 24.9 Å². The molecule has 6 nitrogen and oxygen atoms in total. The number of hydrogen-bond donors (Lipinski definition) is 0.